The Morgan fingerprint density at radius 3 is 0.854 bits per heavy atom. The Labute approximate surface area is 260 Å². The lowest BCUT2D eigenvalue weighted by atomic mass is 10.0. The maximum atomic E-state index is 2.70. The second kappa shape index (κ2) is 30.8. The van der Waals surface area contributed by atoms with E-state index in [4.69, 9.17) is 0 Å². The Morgan fingerprint density at radius 2 is 0.561 bits per heavy atom. The summed E-state index contributed by atoms with van der Waals surface area (Å²) in [6.07, 6.45) is 50.0. The molecule has 0 fully saturated rings. The van der Waals surface area contributed by atoms with E-state index in [2.05, 4.69) is 43.0 Å². The van der Waals surface area contributed by atoms with Gasteiger partial charge in [0.1, 0.15) is 6.17 Å². The van der Waals surface area contributed by atoms with Gasteiger partial charge >= 0.3 is 0 Å². The van der Waals surface area contributed by atoms with E-state index in [-0.39, 0.29) is 0 Å². The number of nitrogens with zero attached hydrogens (tertiary/aromatic N) is 2. The molecule has 1 atom stereocenters. The highest BCUT2D eigenvalue weighted by Crippen LogP contribution is 2.24. The fourth-order valence-corrected chi connectivity index (χ4v) is 6.72. The quantitative estimate of drug-likeness (QED) is 0.0719. The third-order valence-corrected chi connectivity index (χ3v) is 9.57. The summed E-state index contributed by atoms with van der Waals surface area (Å²) in [6, 6.07) is 0. The summed E-state index contributed by atoms with van der Waals surface area (Å²) in [5, 5.41) is 0. The van der Waals surface area contributed by atoms with E-state index in [0.717, 1.165) is 0 Å². The van der Waals surface area contributed by atoms with Gasteiger partial charge in [0.15, 0.2) is 0 Å². The summed E-state index contributed by atoms with van der Waals surface area (Å²) in [5.41, 5.74) is 0. The molecule has 244 valence electrons. The van der Waals surface area contributed by atoms with Crippen LogP contribution in [0.4, 0.5) is 0 Å². The molecule has 1 rings (SSSR count). The molecule has 2 nitrogen and oxygen atoms in total. The van der Waals surface area contributed by atoms with Gasteiger partial charge in [0.25, 0.3) is 0 Å². The van der Waals surface area contributed by atoms with Crippen molar-refractivity contribution < 1.29 is 0 Å². The normalized spacial score (nSPS) is 15.0. The fourth-order valence-electron chi connectivity index (χ4n) is 6.72. The highest BCUT2D eigenvalue weighted by Gasteiger charge is 2.24. The van der Waals surface area contributed by atoms with Gasteiger partial charge in [-0.05, 0) is 25.7 Å². The average molecular weight is 575 g/mol. The van der Waals surface area contributed by atoms with Gasteiger partial charge < -0.3 is 9.80 Å². The van der Waals surface area contributed by atoms with Gasteiger partial charge in [0.05, 0.1) is 0 Å². The Hall–Kier alpha value is -0.660. The third-order valence-electron chi connectivity index (χ3n) is 9.57. The molecule has 41 heavy (non-hydrogen) atoms. The van der Waals surface area contributed by atoms with Gasteiger partial charge in [-0.15, -0.1) is 0 Å². The molecule has 0 aliphatic carbocycles. The minimum atomic E-state index is 0.641. The summed E-state index contributed by atoms with van der Waals surface area (Å²) in [4.78, 5) is 5.40. The van der Waals surface area contributed by atoms with Gasteiger partial charge in [-0.1, -0.05) is 194 Å². The smallest absolute Gasteiger partial charge is 0.101 e. The Kier molecular flexibility index (Phi) is 28.8. The van der Waals surface area contributed by atoms with Crippen LogP contribution in [0.15, 0.2) is 12.4 Å². The van der Waals surface area contributed by atoms with Crippen LogP contribution in [0.1, 0.15) is 220 Å². The predicted molar refractivity (Wildman–Crippen MR) is 186 cm³/mol. The molecule has 0 spiro atoms. The summed E-state index contributed by atoms with van der Waals surface area (Å²) in [7, 11) is 0. The highest BCUT2D eigenvalue weighted by molar-refractivity contribution is 4.97. The summed E-state index contributed by atoms with van der Waals surface area (Å²) in [6.45, 7) is 9.48. The molecule has 0 saturated carbocycles. The third kappa shape index (κ3) is 23.5. The van der Waals surface area contributed by atoms with Crippen molar-refractivity contribution in [1.82, 2.24) is 9.80 Å². The SMILES string of the molecule is CCCCCCCCCCCCCCCCCCN1C=CN(CCCCCCCCCCCC)C1CCCCCC. The number of hydrogen-bond acceptors (Lipinski definition) is 2. The van der Waals surface area contributed by atoms with Crippen LogP contribution in [-0.4, -0.2) is 29.1 Å². The molecular formula is C39H78N2. The molecule has 0 saturated heterocycles. The molecule has 0 amide bonds. The van der Waals surface area contributed by atoms with E-state index >= 15 is 0 Å². The monoisotopic (exact) mass is 575 g/mol. The Bertz CT molecular complexity index is 530. The van der Waals surface area contributed by atoms with E-state index in [1.165, 1.54) is 212 Å². The second-order valence-corrected chi connectivity index (χ2v) is 13.6. The predicted octanol–water partition coefficient (Wildman–Crippen LogP) is 13.6. The van der Waals surface area contributed by atoms with Crippen molar-refractivity contribution in [3.05, 3.63) is 12.4 Å². The second-order valence-electron chi connectivity index (χ2n) is 13.6. The van der Waals surface area contributed by atoms with Gasteiger partial charge in [-0.25, -0.2) is 0 Å². The van der Waals surface area contributed by atoms with Crippen molar-refractivity contribution in [3.63, 3.8) is 0 Å². The van der Waals surface area contributed by atoms with Crippen LogP contribution in [0.25, 0.3) is 0 Å². The first kappa shape index (κ1) is 38.4. The molecular weight excluding hydrogens is 496 g/mol. The topological polar surface area (TPSA) is 6.48 Å². The standard InChI is InChI=1S/C39H78N2/c1-4-7-10-13-15-17-19-20-21-22-23-24-26-28-30-33-36-41-38-37-40(39(41)34-31-12-9-6-3)35-32-29-27-25-18-16-14-11-8-5-2/h37-39H,4-36H2,1-3H3. The Balaban J connectivity index is 2.07. The summed E-state index contributed by atoms with van der Waals surface area (Å²) >= 11 is 0. The first-order valence-corrected chi connectivity index (χ1v) is 19.5. The van der Waals surface area contributed by atoms with Crippen LogP contribution in [0.3, 0.4) is 0 Å². The van der Waals surface area contributed by atoms with Gasteiger partial charge in [-0.3, -0.25) is 0 Å². The maximum Gasteiger partial charge on any atom is 0.101 e. The van der Waals surface area contributed by atoms with Crippen molar-refractivity contribution in [1.29, 1.82) is 0 Å². The van der Waals surface area contributed by atoms with E-state index < -0.39 is 0 Å². The average Bonchev–Trinajstić information content (AvgIpc) is 3.37. The minimum absolute atomic E-state index is 0.641. The van der Waals surface area contributed by atoms with Crippen LogP contribution < -0.4 is 0 Å². The lowest BCUT2D eigenvalue weighted by Gasteiger charge is -2.33. The zero-order chi connectivity index (χ0) is 29.5. The molecule has 0 aromatic carbocycles. The van der Waals surface area contributed by atoms with Crippen LogP contribution >= 0.6 is 0 Å². The largest absolute Gasteiger partial charge is 0.356 e. The summed E-state index contributed by atoms with van der Waals surface area (Å²) < 4.78 is 0. The molecule has 0 radical (unpaired) electrons. The molecule has 1 unspecified atom stereocenters. The summed E-state index contributed by atoms with van der Waals surface area (Å²) in [5.74, 6) is 0. The van der Waals surface area contributed by atoms with Crippen LogP contribution in [0, 0.1) is 0 Å². The lowest BCUT2D eigenvalue weighted by Crippen LogP contribution is -2.39. The first-order valence-electron chi connectivity index (χ1n) is 19.5. The van der Waals surface area contributed by atoms with Crippen molar-refractivity contribution in [2.45, 2.75) is 226 Å². The molecule has 1 aliphatic rings. The number of unbranched alkanes of at least 4 members (excludes halogenated alkanes) is 27. The van der Waals surface area contributed by atoms with Crippen molar-refractivity contribution >= 4 is 0 Å². The molecule has 1 aliphatic heterocycles. The Morgan fingerprint density at radius 1 is 0.317 bits per heavy atom. The van der Waals surface area contributed by atoms with Crippen LogP contribution in [0.5, 0.6) is 0 Å². The zero-order valence-electron chi connectivity index (χ0n) is 29.0. The lowest BCUT2D eigenvalue weighted by molar-refractivity contribution is 0.135. The highest BCUT2D eigenvalue weighted by atomic mass is 15.4. The van der Waals surface area contributed by atoms with E-state index in [1.807, 2.05) is 0 Å². The van der Waals surface area contributed by atoms with Crippen LogP contribution in [0.2, 0.25) is 0 Å². The molecule has 0 aromatic heterocycles. The number of rotatable bonds is 33. The molecule has 0 N–H and O–H groups in total. The van der Waals surface area contributed by atoms with Crippen molar-refractivity contribution in [2.75, 3.05) is 13.1 Å². The first-order chi connectivity index (χ1) is 20.3. The van der Waals surface area contributed by atoms with E-state index in [0.29, 0.717) is 6.17 Å². The molecule has 2 heteroatoms. The van der Waals surface area contributed by atoms with Crippen molar-refractivity contribution in [3.8, 4) is 0 Å². The zero-order valence-corrected chi connectivity index (χ0v) is 29.0. The molecule has 0 bridgehead atoms. The number of hydrogen-bond donors (Lipinski definition) is 0. The van der Waals surface area contributed by atoms with E-state index in [1.54, 1.807) is 0 Å². The minimum Gasteiger partial charge on any atom is -0.356 e. The fraction of sp³-hybridized carbons (Fsp3) is 0.949. The molecule has 1 heterocycles. The van der Waals surface area contributed by atoms with E-state index in [9.17, 15) is 0 Å². The molecule has 0 aromatic rings. The van der Waals surface area contributed by atoms with Gasteiger partial charge in [0, 0.05) is 25.5 Å². The van der Waals surface area contributed by atoms with Gasteiger partial charge in [-0.2, -0.15) is 0 Å². The van der Waals surface area contributed by atoms with Crippen molar-refractivity contribution in [2.24, 2.45) is 0 Å². The van der Waals surface area contributed by atoms with Gasteiger partial charge in [0.2, 0.25) is 0 Å². The maximum absolute atomic E-state index is 2.70. The van der Waals surface area contributed by atoms with Crippen LogP contribution in [-0.2, 0) is 0 Å².